The predicted octanol–water partition coefficient (Wildman–Crippen LogP) is 16.7. The normalized spacial score (nSPS) is 16.0. The van der Waals surface area contributed by atoms with Gasteiger partial charge in [-0.25, -0.2) is 0 Å². The zero-order chi connectivity index (χ0) is 35.5. The molecule has 0 heterocycles. The molecule has 0 saturated heterocycles. The number of unbranched alkanes of at least 4 members (excludes halogenated alkanes) is 1. The molecule has 0 radical (unpaired) electrons. The van der Waals surface area contributed by atoms with E-state index >= 15 is 0 Å². The highest BCUT2D eigenvalue weighted by molar-refractivity contribution is 4.73. The second-order valence-electron chi connectivity index (χ2n) is 19.4. The summed E-state index contributed by atoms with van der Waals surface area (Å²) in [6.07, 6.45) is 19.8. The van der Waals surface area contributed by atoms with Gasteiger partial charge in [-0.1, -0.05) is 216 Å². The van der Waals surface area contributed by atoms with Gasteiger partial charge in [0, 0.05) is 0 Å². The molecule has 0 aromatic rings. The van der Waals surface area contributed by atoms with Crippen molar-refractivity contribution < 1.29 is 0 Å². The molecule has 44 heavy (non-hydrogen) atoms. The van der Waals surface area contributed by atoms with Crippen molar-refractivity contribution in [3.63, 3.8) is 0 Å². The van der Waals surface area contributed by atoms with E-state index < -0.39 is 0 Å². The quantitative estimate of drug-likeness (QED) is 0.133. The van der Waals surface area contributed by atoms with Gasteiger partial charge in [-0.05, 0) is 71.0 Å². The Morgan fingerprint density at radius 3 is 0.955 bits per heavy atom. The van der Waals surface area contributed by atoms with Gasteiger partial charge >= 0.3 is 0 Å². The van der Waals surface area contributed by atoms with Crippen LogP contribution in [0.15, 0.2) is 0 Å². The molecule has 0 saturated carbocycles. The van der Waals surface area contributed by atoms with Crippen molar-refractivity contribution in [1.29, 1.82) is 0 Å². The van der Waals surface area contributed by atoms with Crippen molar-refractivity contribution in [3.05, 3.63) is 0 Å². The minimum absolute atomic E-state index is 0.477. The van der Waals surface area contributed by atoms with Crippen molar-refractivity contribution in [1.82, 2.24) is 0 Å². The van der Waals surface area contributed by atoms with E-state index in [1.165, 1.54) is 89.9 Å². The molecule has 0 aliphatic rings. The lowest BCUT2D eigenvalue weighted by molar-refractivity contribution is 0.221. The van der Waals surface area contributed by atoms with Crippen molar-refractivity contribution in [2.75, 3.05) is 0 Å². The fourth-order valence-corrected chi connectivity index (χ4v) is 6.12. The largest absolute Gasteiger partial charge is 0.0654 e. The van der Waals surface area contributed by atoms with Crippen LogP contribution in [-0.4, -0.2) is 0 Å². The van der Waals surface area contributed by atoms with Crippen LogP contribution in [-0.2, 0) is 0 Å². The first-order valence-electron chi connectivity index (χ1n) is 20.0. The van der Waals surface area contributed by atoms with Crippen LogP contribution in [0.3, 0.4) is 0 Å². The first-order chi connectivity index (χ1) is 20.0. The predicted molar refractivity (Wildman–Crippen MR) is 211 cm³/mol. The summed E-state index contributed by atoms with van der Waals surface area (Å²) in [6, 6.07) is 0. The van der Waals surface area contributed by atoms with Crippen LogP contribution in [0.1, 0.15) is 228 Å². The van der Waals surface area contributed by atoms with Crippen LogP contribution in [0, 0.1) is 58.2 Å². The molecule has 0 fully saturated rings. The molecule has 272 valence electrons. The monoisotopic (exact) mass is 625 g/mol. The third kappa shape index (κ3) is 51.6. The summed E-state index contributed by atoms with van der Waals surface area (Å²) in [7, 11) is 0. The Morgan fingerprint density at radius 2 is 0.636 bits per heavy atom. The highest BCUT2D eigenvalue weighted by Crippen LogP contribution is 2.33. The van der Waals surface area contributed by atoms with E-state index in [1.807, 2.05) is 0 Å². The minimum Gasteiger partial charge on any atom is -0.0654 e. The number of hydrogen-bond acceptors (Lipinski definition) is 0. The summed E-state index contributed by atoms with van der Waals surface area (Å²) < 4.78 is 0. The van der Waals surface area contributed by atoms with Gasteiger partial charge in [0.05, 0.1) is 0 Å². The highest BCUT2D eigenvalue weighted by atomic mass is 14.3. The zero-order valence-electron chi connectivity index (χ0n) is 35.5. The van der Waals surface area contributed by atoms with Gasteiger partial charge in [0.15, 0.2) is 0 Å². The van der Waals surface area contributed by atoms with E-state index in [0.29, 0.717) is 10.8 Å². The first-order valence-corrected chi connectivity index (χ1v) is 20.0. The average Bonchev–Trinajstić information content (AvgIpc) is 2.82. The lowest BCUT2D eigenvalue weighted by Gasteiger charge is -2.29. The summed E-state index contributed by atoms with van der Waals surface area (Å²) in [5.41, 5.74) is 0.963. The van der Waals surface area contributed by atoms with Gasteiger partial charge in [-0.3, -0.25) is 0 Å². The summed E-state index contributed by atoms with van der Waals surface area (Å²) in [5, 5.41) is 0. The Kier molecular flexibility index (Phi) is 35.1. The summed E-state index contributed by atoms with van der Waals surface area (Å²) in [5.74, 6) is 7.11. The maximum Gasteiger partial charge on any atom is -0.0380 e. The maximum absolute atomic E-state index is 2.45. The fourth-order valence-electron chi connectivity index (χ4n) is 6.12. The Morgan fingerprint density at radius 1 is 0.341 bits per heavy atom. The summed E-state index contributed by atoms with van der Waals surface area (Å²) >= 11 is 0. The maximum atomic E-state index is 2.45. The van der Waals surface area contributed by atoms with E-state index in [9.17, 15) is 0 Å². The Hall–Kier alpha value is 0. The highest BCUT2D eigenvalue weighted by Gasteiger charge is 2.21. The van der Waals surface area contributed by atoms with Crippen LogP contribution >= 0.6 is 0 Å². The molecule has 0 spiro atoms. The topological polar surface area (TPSA) is 0 Å². The second-order valence-corrected chi connectivity index (χ2v) is 19.4. The zero-order valence-corrected chi connectivity index (χ0v) is 35.5. The van der Waals surface area contributed by atoms with Gasteiger partial charge in [0.25, 0.3) is 0 Å². The van der Waals surface area contributed by atoms with Crippen LogP contribution in [0.2, 0.25) is 0 Å². The molecule has 0 rings (SSSR count). The molecule has 0 heteroatoms. The Bertz CT molecular complexity index is 530. The van der Waals surface area contributed by atoms with Gasteiger partial charge < -0.3 is 0 Å². The third-order valence-electron chi connectivity index (χ3n) is 8.34. The van der Waals surface area contributed by atoms with E-state index in [2.05, 4.69) is 138 Å². The second kappa shape index (κ2) is 30.3. The van der Waals surface area contributed by atoms with Gasteiger partial charge in [0.2, 0.25) is 0 Å². The van der Waals surface area contributed by atoms with Gasteiger partial charge in [-0.15, -0.1) is 0 Å². The van der Waals surface area contributed by atoms with E-state index in [4.69, 9.17) is 0 Å². The number of hydrogen-bond donors (Lipinski definition) is 0. The van der Waals surface area contributed by atoms with E-state index in [-0.39, 0.29) is 0 Å². The average molecular weight is 625 g/mol. The smallest absolute Gasteiger partial charge is 0.0380 e. The van der Waals surface area contributed by atoms with Crippen LogP contribution in [0.5, 0.6) is 0 Å². The van der Waals surface area contributed by atoms with Crippen LogP contribution in [0.4, 0.5) is 0 Å². The van der Waals surface area contributed by atoms with Crippen molar-refractivity contribution in [3.8, 4) is 0 Å². The lowest BCUT2D eigenvalue weighted by atomic mass is 9.77. The molecule has 0 aromatic carbocycles. The lowest BCUT2D eigenvalue weighted by Crippen LogP contribution is -2.18. The van der Waals surface area contributed by atoms with Crippen molar-refractivity contribution in [2.45, 2.75) is 228 Å². The standard InChI is InChI=1S/2C18H38.2C4H10/c1-14(12-17(4,5)6)10-11-15(2)16(3)13-18(7,8)9;1-6-10-16(3)12-8-9-13-18(5)15-14-17(4)11-7-2;2*1-4(2)3/h14-16H,10-13H2,1-9H3;16-18H,6-15H2,1-5H3;2*4H,1-3H3. The molecule has 0 aliphatic carbocycles. The molecular weight excluding hydrogens is 528 g/mol. The van der Waals surface area contributed by atoms with E-state index in [1.54, 1.807) is 0 Å². The summed E-state index contributed by atoms with van der Waals surface area (Å²) in [6.45, 7) is 46.3. The molecule has 6 atom stereocenters. The Balaban J connectivity index is -0.000000292. The fraction of sp³-hybridized carbons (Fsp3) is 1.00. The van der Waals surface area contributed by atoms with Gasteiger partial charge in [-0.2, -0.15) is 0 Å². The molecule has 0 nitrogen and oxygen atoms in total. The van der Waals surface area contributed by atoms with E-state index in [0.717, 1.165) is 47.3 Å². The Labute approximate surface area is 285 Å². The molecule has 0 bridgehead atoms. The molecule has 0 amide bonds. The van der Waals surface area contributed by atoms with Gasteiger partial charge in [0.1, 0.15) is 0 Å². The molecule has 6 unspecified atom stereocenters. The first kappa shape index (κ1) is 50.8. The molecule has 0 aromatic heterocycles. The molecule has 0 N–H and O–H groups in total. The third-order valence-corrected chi connectivity index (χ3v) is 8.34. The van der Waals surface area contributed by atoms with Crippen molar-refractivity contribution >= 4 is 0 Å². The molecular formula is C44H96. The minimum atomic E-state index is 0.477. The van der Waals surface area contributed by atoms with Crippen molar-refractivity contribution in [2.24, 2.45) is 58.2 Å². The molecule has 0 aliphatic heterocycles. The summed E-state index contributed by atoms with van der Waals surface area (Å²) in [4.78, 5) is 0. The van der Waals surface area contributed by atoms with Crippen LogP contribution < -0.4 is 0 Å². The SMILES string of the molecule is CC(C)C.CC(C)C.CC(CCC(C)C(C)CC(C)(C)C)CC(C)(C)C.CCCC(C)CCCCC(C)CCC(C)CCC. The number of rotatable bonds is 18. The van der Waals surface area contributed by atoms with Crippen LogP contribution in [0.25, 0.3) is 0 Å².